The zero-order chi connectivity index (χ0) is 23.4. The van der Waals surface area contributed by atoms with Crippen LogP contribution >= 0.6 is 0 Å². The van der Waals surface area contributed by atoms with Gasteiger partial charge < -0.3 is 21.4 Å². The number of benzene rings is 3. The van der Waals surface area contributed by atoms with Crippen molar-refractivity contribution >= 4 is 28.4 Å². The minimum absolute atomic E-state index is 0.00477. The molecule has 166 valence electrons. The molecular formula is C26H25N5O2. The number of amides is 2. The van der Waals surface area contributed by atoms with Gasteiger partial charge in [-0.2, -0.15) is 0 Å². The molecule has 33 heavy (non-hydrogen) atoms. The van der Waals surface area contributed by atoms with E-state index < -0.39 is 6.04 Å². The number of nitrogens with two attached hydrogens (primary N) is 1. The predicted octanol–water partition coefficient (Wildman–Crippen LogP) is 3.55. The summed E-state index contributed by atoms with van der Waals surface area (Å²) in [7, 11) is 0. The van der Waals surface area contributed by atoms with Crippen molar-refractivity contribution in [2.24, 2.45) is 5.73 Å². The number of H-pyrrole nitrogens is 1. The fourth-order valence-corrected chi connectivity index (χ4v) is 3.64. The van der Waals surface area contributed by atoms with Gasteiger partial charge in [-0.3, -0.25) is 15.0 Å². The molecule has 0 bridgehead atoms. The number of nitrogen functional groups attached to an aromatic ring is 1. The van der Waals surface area contributed by atoms with Gasteiger partial charge in [0.25, 0.3) is 5.91 Å². The third-order valence-electron chi connectivity index (χ3n) is 5.50. The Morgan fingerprint density at radius 2 is 1.76 bits per heavy atom. The lowest BCUT2D eigenvalue weighted by Crippen LogP contribution is -2.44. The number of hydrogen-bond acceptors (Lipinski definition) is 3. The summed E-state index contributed by atoms with van der Waals surface area (Å²) in [6, 6.07) is 22.3. The molecule has 0 fully saturated rings. The number of nitrogens with one attached hydrogen (secondary N) is 4. The normalized spacial score (nSPS) is 11.7. The number of carbonyl (C=O) groups is 2. The van der Waals surface area contributed by atoms with Gasteiger partial charge in [0.15, 0.2) is 0 Å². The Labute approximate surface area is 191 Å². The van der Waals surface area contributed by atoms with Crippen LogP contribution in [0.1, 0.15) is 28.5 Å². The van der Waals surface area contributed by atoms with Crippen LogP contribution in [0, 0.1) is 5.41 Å². The van der Waals surface area contributed by atoms with Gasteiger partial charge in [-0.1, -0.05) is 66.7 Å². The van der Waals surface area contributed by atoms with Gasteiger partial charge in [0, 0.05) is 23.9 Å². The molecule has 3 aromatic carbocycles. The maximum absolute atomic E-state index is 12.7. The van der Waals surface area contributed by atoms with E-state index in [1.54, 1.807) is 43.5 Å². The Hall–Kier alpha value is -4.39. The summed E-state index contributed by atoms with van der Waals surface area (Å²) in [5.74, 6) is -0.648. The zero-order valence-corrected chi connectivity index (χ0v) is 18.2. The van der Waals surface area contributed by atoms with Crippen molar-refractivity contribution in [3.05, 3.63) is 95.8 Å². The van der Waals surface area contributed by atoms with Crippen LogP contribution in [0.15, 0.2) is 79.0 Å². The molecule has 6 N–H and O–H groups in total. The van der Waals surface area contributed by atoms with Crippen molar-refractivity contribution in [2.75, 3.05) is 0 Å². The van der Waals surface area contributed by atoms with Crippen molar-refractivity contribution in [2.45, 2.75) is 19.5 Å². The van der Waals surface area contributed by atoms with Crippen LogP contribution in [0.25, 0.3) is 21.9 Å². The highest BCUT2D eigenvalue weighted by molar-refractivity contribution is 6.00. The first-order chi connectivity index (χ1) is 15.9. The second-order valence-corrected chi connectivity index (χ2v) is 7.85. The Balaban J connectivity index is 1.37. The fraction of sp³-hybridized carbons (Fsp3) is 0.115. The summed E-state index contributed by atoms with van der Waals surface area (Å²) in [4.78, 5) is 28.1. The summed E-state index contributed by atoms with van der Waals surface area (Å²) in [5, 5.41) is 15.2. The predicted molar refractivity (Wildman–Crippen MR) is 130 cm³/mol. The van der Waals surface area contributed by atoms with E-state index in [-0.39, 0.29) is 17.6 Å². The molecule has 0 aliphatic rings. The first kappa shape index (κ1) is 21.8. The standard InChI is InChI=1S/C26H25N5O2/c1-16(25(32)30-14-17-9-11-19(12-10-17)24(27)28)31-26(33)23-13-20(15-29-23)22-8-4-6-18-5-2-3-7-21(18)22/h2-13,15-16,29H,14H2,1H3,(H3,27,28)(H,30,32)(H,31,33). The molecule has 7 heteroatoms. The first-order valence-corrected chi connectivity index (χ1v) is 10.6. The van der Waals surface area contributed by atoms with Crippen LogP contribution in [0.4, 0.5) is 0 Å². The van der Waals surface area contributed by atoms with Gasteiger partial charge in [-0.05, 0) is 34.9 Å². The molecule has 1 aromatic heterocycles. The summed E-state index contributed by atoms with van der Waals surface area (Å²) in [6.45, 7) is 1.95. The largest absolute Gasteiger partial charge is 0.384 e. The first-order valence-electron chi connectivity index (χ1n) is 10.6. The molecule has 0 aliphatic carbocycles. The van der Waals surface area contributed by atoms with E-state index in [2.05, 4.69) is 33.8 Å². The van der Waals surface area contributed by atoms with Crippen molar-refractivity contribution in [1.29, 1.82) is 5.41 Å². The second-order valence-electron chi connectivity index (χ2n) is 7.85. The zero-order valence-electron chi connectivity index (χ0n) is 18.2. The highest BCUT2D eigenvalue weighted by atomic mass is 16.2. The van der Waals surface area contributed by atoms with E-state index in [9.17, 15) is 9.59 Å². The number of aromatic amines is 1. The van der Waals surface area contributed by atoms with E-state index in [1.165, 1.54) is 0 Å². The second kappa shape index (κ2) is 9.40. The third kappa shape index (κ3) is 4.93. The third-order valence-corrected chi connectivity index (χ3v) is 5.50. The Morgan fingerprint density at radius 3 is 2.52 bits per heavy atom. The van der Waals surface area contributed by atoms with E-state index >= 15 is 0 Å². The van der Waals surface area contributed by atoms with Gasteiger partial charge in [0.05, 0.1) is 0 Å². The average molecular weight is 440 g/mol. The summed E-state index contributed by atoms with van der Waals surface area (Å²) in [6.07, 6.45) is 1.80. The molecule has 1 unspecified atom stereocenters. The van der Waals surface area contributed by atoms with E-state index in [0.717, 1.165) is 27.5 Å². The highest BCUT2D eigenvalue weighted by Gasteiger charge is 2.18. The molecule has 1 heterocycles. The summed E-state index contributed by atoms with van der Waals surface area (Å²) < 4.78 is 0. The molecule has 4 aromatic rings. The van der Waals surface area contributed by atoms with Crippen LogP contribution < -0.4 is 16.4 Å². The van der Waals surface area contributed by atoms with Crippen molar-refractivity contribution < 1.29 is 9.59 Å². The molecule has 0 saturated heterocycles. The fourth-order valence-electron chi connectivity index (χ4n) is 3.64. The minimum atomic E-state index is -0.710. The summed E-state index contributed by atoms with van der Waals surface area (Å²) in [5.41, 5.74) is 9.27. The number of fused-ring (bicyclic) bond motifs is 1. The lowest BCUT2D eigenvalue weighted by atomic mass is 10.0. The topological polar surface area (TPSA) is 124 Å². The van der Waals surface area contributed by atoms with Crippen LogP contribution in [-0.2, 0) is 11.3 Å². The van der Waals surface area contributed by atoms with E-state index in [1.807, 2.05) is 24.3 Å². The van der Waals surface area contributed by atoms with Gasteiger partial charge in [0.2, 0.25) is 5.91 Å². The maximum Gasteiger partial charge on any atom is 0.268 e. The highest BCUT2D eigenvalue weighted by Crippen LogP contribution is 2.29. The van der Waals surface area contributed by atoms with Crippen LogP contribution in [0.5, 0.6) is 0 Å². The molecule has 1 atom stereocenters. The lowest BCUT2D eigenvalue weighted by Gasteiger charge is -2.14. The lowest BCUT2D eigenvalue weighted by molar-refractivity contribution is -0.122. The van der Waals surface area contributed by atoms with Gasteiger partial charge in [-0.15, -0.1) is 0 Å². The quantitative estimate of drug-likeness (QED) is 0.223. The number of amidine groups is 1. The Morgan fingerprint density at radius 1 is 1.03 bits per heavy atom. The number of rotatable bonds is 7. The Bertz CT molecular complexity index is 1320. The smallest absolute Gasteiger partial charge is 0.268 e. The van der Waals surface area contributed by atoms with Crippen molar-refractivity contribution in [3.8, 4) is 11.1 Å². The monoisotopic (exact) mass is 439 g/mol. The van der Waals surface area contributed by atoms with Crippen LogP contribution in [-0.4, -0.2) is 28.7 Å². The van der Waals surface area contributed by atoms with E-state index in [4.69, 9.17) is 11.1 Å². The van der Waals surface area contributed by atoms with E-state index in [0.29, 0.717) is 17.8 Å². The van der Waals surface area contributed by atoms with Crippen LogP contribution in [0.3, 0.4) is 0 Å². The maximum atomic E-state index is 12.7. The van der Waals surface area contributed by atoms with Crippen LogP contribution in [0.2, 0.25) is 0 Å². The van der Waals surface area contributed by atoms with Crippen molar-refractivity contribution in [1.82, 2.24) is 15.6 Å². The molecule has 0 spiro atoms. The number of carbonyl (C=O) groups excluding carboxylic acids is 2. The molecule has 7 nitrogen and oxygen atoms in total. The Kier molecular flexibility index (Phi) is 6.22. The van der Waals surface area contributed by atoms with Gasteiger partial charge >= 0.3 is 0 Å². The summed E-state index contributed by atoms with van der Waals surface area (Å²) >= 11 is 0. The van der Waals surface area contributed by atoms with Gasteiger partial charge in [-0.25, -0.2) is 0 Å². The molecular weight excluding hydrogens is 414 g/mol. The molecule has 4 rings (SSSR count). The minimum Gasteiger partial charge on any atom is -0.384 e. The van der Waals surface area contributed by atoms with Gasteiger partial charge in [0.1, 0.15) is 17.6 Å². The molecule has 2 amide bonds. The average Bonchev–Trinajstić information content (AvgIpc) is 3.32. The number of hydrogen-bond donors (Lipinski definition) is 5. The molecule has 0 aliphatic heterocycles. The molecule has 0 saturated carbocycles. The SMILES string of the molecule is CC(NC(=O)c1cc(-c2cccc3ccccc23)c[nH]1)C(=O)NCc1ccc(C(=N)N)cc1. The molecule has 0 radical (unpaired) electrons. The number of aromatic nitrogens is 1. The van der Waals surface area contributed by atoms with Crippen molar-refractivity contribution in [3.63, 3.8) is 0 Å².